The van der Waals surface area contributed by atoms with Crippen LogP contribution in [0.3, 0.4) is 0 Å². The van der Waals surface area contributed by atoms with Crippen LogP contribution in [-0.2, 0) is 11.2 Å². The molecular weight excluding hydrogens is 190 g/mol. The first-order chi connectivity index (χ1) is 7.31. The van der Waals surface area contributed by atoms with Crippen LogP contribution in [0.25, 0.3) is 0 Å². The van der Waals surface area contributed by atoms with Gasteiger partial charge in [-0.1, -0.05) is 36.9 Å². The maximum Gasteiger partial charge on any atom is 0.414 e. The maximum absolute atomic E-state index is 11.2. The van der Waals surface area contributed by atoms with E-state index in [2.05, 4.69) is 6.58 Å². The highest BCUT2D eigenvalue weighted by Gasteiger charge is 2.30. The molecule has 1 aromatic rings. The van der Waals surface area contributed by atoms with Gasteiger partial charge in [-0.3, -0.25) is 4.90 Å². The van der Waals surface area contributed by atoms with Crippen molar-refractivity contribution < 1.29 is 9.53 Å². The van der Waals surface area contributed by atoms with Gasteiger partial charge in [-0.2, -0.15) is 0 Å². The highest BCUT2D eigenvalue weighted by molar-refractivity contribution is 5.71. The molecular formula is C12H13NO2. The Morgan fingerprint density at radius 2 is 2.20 bits per heavy atom. The third kappa shape index (κ3) is 2.01. The predicted molar refractivity (Wildman–Crippen MR) is 57.3 cm³/mol. The number of ether oxygens (including phenoxy) is 1. The Hall–Kier alpha value is -1.77. The number of carbonyl (C=O) groups is 1. The van der Waals surface area contributed by atoms with Crippen LogP contribution in [0.15, 0.2) is 43.1 Å². The fourth-order valence-electron chi connectivity index (χ4n) is 1.74. The molecule has 2 rings (SSSR count). The van der Waals surface area contributed by atoms with Crippen molar-refractivity contribution in [1.82, 2.24) is 4.90 Å². The number of amides is 1. The number of hydrogen-bond acceptors (Lipinski definition) is 2. The molecule has 0 spiro atoms. The van der Waals surface area contributed by atoms with Crippen LogP contribution in [0.2, 0.25) is 0 Å². The SMILES string of the molecule is C=CN1C(=O)OC[C@@H]1Cc1ccccc1. The number of nitrogens with zero attached hydrogens (tertiary/aromatic N) is 1. The van der Waals surface area contributed by atoms with E-state index in [1.807, 2.05) is 30.3 Å². The smallest absolute Gasteiger partial charge is 0.414 e. The van der Waals surface area contributed by atoms with E-state index in [1.54, 1.807) is 4.90 Å². The Morgan fingerprint density at radius 3 is 2.87 bits per heavy atom. The molecule has 3 nitrogen and oxygen atoms in total. The largest absolute Gasteiger partial charge is 0.447 e. The Morgan fingerprint density at radius 1 is 1.47 bits per heavy atom. The lowest BCUT2D eigenvalue weighted by Gasteiger charge is -2.16. The van der Waals surface area contributed by atoms with Gasteiger partial charge in [-0.25, -0.2) is 4.79 Å². The number of carbonyl (C=O) groups excluding carboxylic acids is 1. The van der Waals surface area contributed by atoms with Crippen LogP contribution in [0.1, 0.15) is 5.56 Å². The number of benzene rings is 1. The molecule has 0 unspecified atom stereocenters. The molecule has 1 saturated heterocycles. The number of cyclic esters (lactones) is 1. The molecule has 1 heterocycles. The molecule has 0 radical (unpaired) electrons. The molecule has 0 aliphatic carbocycles. The third-order valence-corrected chi connectivity index (χ3v) is 2.51. The zero-order chi connectivity index (χ0) is 10.7. The second-order valence-corrected chi connectivity index (χ2v) is 3.51. The van der Waals surface area contributed by atoms with Crippen molar-refractivity contribution in [3.05, 3.63) is 48.7 Å². The average molecular weight is 203 g/mol. The molecule has 1 fully saturated rings. The Kier molecular flexibility index (Phi) is 2.72. The van der Waals surface area contributed by atoms with E-state index in [1.165, 1.54) is 11.8 Å². The fourth-order valence-corrected chi connectivity index (χ4v) is 1.74. The predicted octanol–water partition coefficient (Wildman–Crippen LogP) is 2.19. The Balaban J connectivity index is 2.07. The van der Waals surface area contributed by atoms with Crippen LogP contribution >= 0.6 is 0 Å². The normalized spacial score (nSPS) is 20.1. The second-order valence-electron chi connectivity index (χ2n) is 3.51. The summed E-state index contributed by atoms with van der Waals surface area (Å²) in [4.78, 5) is 12.8. The standard InChI is InChI=1S/C12H13NO2/c1-2-13-11(9-15-12(13)14)8-10-6-4-3-5-7-10/h2-7,11H,1,8-9H2/t11-/m0/s1. The molecule has 3 heteroatoms. The molecule has 1 amide bonds. The van der Waals surface area contributed by atoms with E-state index in [0.29, 0.717) is 6.61 Å². The van der Waals surface area contributed by atoms with E-state index in [9.17, 15) is 4.79 Å². The quantitative estimate of drug-likeness (QED) is 0.753. The van der Waals surface area contributed by atoms with Crippen molar-refractivity contribution in [1.29, 1.82) is 0 Å². The number of hydrogen-bond donors (Lipinski definition) is 0. The van der Waals surface area contributed by atoms with Crippen molar-refractivity contribution in [2.75, 3.05) is 6.61 Å². The van der Waals surface area contributed by atoms with E-state index in [-0.39, 0.29) is 12.1 Å². The van der Waals surface area contributed by atoms with E-state index in [0.717, 1.165) is 6.42 Å². The van der Waals surface area contributed by atoms with Crippen LogP contribution in [0.4, 0.5) is 4.79 Å². The van der Waals surface area contributed by atoms with Gasteiger partial charge in [0, 0.05) is 6.20 Å². The minimum Gasteiger partial charge on any atom is -0.447 e. The van der Waals surface area contributed by atoms with Crippen molar-refractivity contribution in [3.63, 3.8) is 0 Å². The second kappa shape index (κ2) is 4.17. The van der Waals surface area contributed by atoms with Gasteiger partial charge < -0.3 is 4.74 Å². The van der Waals surface area contributed by atoms with Gasteiger partial charge in [0.05, 0.1) is 6.04 Å². The first-order valence-corrected chi connectivity index (χ1v) is 4.93. The first-order valence-electron chi connectivity index (χ1n) is 4.93. The molecule has 0 bridgehead atoms. The van der Waals surface area contributed by atoms with Crippen molar-refractivity contribution in [2.24, 2.45) is 0 Å². The Bertz CT molecular complexity index is 361. The van der Waals surface area contributed by atoms with Crippen LogP contribution in [-0.4, -0.2) is 23.6 Å². The van der Waals surface area contributed by atoms with Gasteiger partial charge in [0.15, 0.2) is 0 Å². The van der Waals surface area contributed by atoms with Crippen LogP contribution < -0.4 is 0 Å². The summed E-state index contributed by atoms with van der Waals surface area (Å²) in [5.74, 6) is 0. The molecule has 0 aromatic heterocycles. The van der Waals surface area contributed by atoms with Gasteiger partial charge in [-0.15, -0.1) is 0 Å². The van der Waals surface area contributed by atoms with Crippen LogP contribution in [0, 0.1) is 0 Å². The topological polar surface area (TPSA) is 29.5 Å². The molecule has 1 aliphatic heterocycles. The lowest BCUT2D eigenvalue weighted by molar-refractivity contribution is 0.166. The lowest BCUT2D eigenvalue weighted by atomic mass is 10.1. The summed E-state index contributed by atoms with van der Waals surface area (Å²) in [5, 5.41) is 0. The zero-order valence-electron chi connectivity index (χ0n) is 8.43. The summed E-state index contributed by atoms with van der Waals surface area (Å²) >= 11 is 0. The highest BCUT2D eigenvalue weighted by atomic mass is 16.6. The molecule has 1 atom stereocenters. The highest BCUT2D eigenvalue weighted by Crippen LogP contribution is 2.16. The summed E-state index contributed by atoms with van der Waals surface area (Å²) in [6.45, 7) is 4.05. The fraction of sp³-hybridized carbons (Fsp3) is 0.250. The van der Waals surface area contributed by atoms with Crippen LogP contribution in [0.5, 0.6) is 0 Å². The summed E-state index contributed by atoms with van der Waals surface area (Å²) in [6, 6.07) is 10.1. The monoisotopic (exact) mass is 203 g/mol. The van der Waals surface area contributed by atoms with E-state index in [4.69, 9.17) is 4.74 Å². The minimum atomic E-state index is -0.300. The van der Waals surface area contributed by atoms with E-state index < -0.39 is 0 Å². The van der Waals surface area contributed by atoms with Gasteiger partial charge in [0.1, 0.15) is 6.61 Å². The third-order valence-electron chi connectivity index (χ3n) is 2.51. The van der Waals surface area contributed by atoms with Gasteiger partial charge in [0.25, 0.3) is 0 Å². The summed E-state index contributed by atoms with van der Waals surface area (Å²) in [7, 11) is 0. The Labute approximate surface area is 89.0 Å². The van der Waals surface area contributed by atoms with E-state index >= 15 is 0 Å². The van der Waals surface area contributed by atoms with Crippen molar-refractivity contribution in [3.8, 4) is 0 Å². The average Bonchev–Trinajstić information content (AvgIpc) is 2.61. The molecule has 0 N–H and O–H groups in total. The van der Waals surface area contributed by atoms with Gasteiger partial charge >= 0.3 is 6.09 Å². The first kappa shape index (κ1) is 9.77. The molecule has 1 aliphatic rings. The summed E-state index contributed by atoms with van der Waals surface area (Å²) in [6.07, 6.45) is 2.03. The van der Waals surface area contributed by atoms with Crippen molar-refractivity contribution >= 4 is 6.09 Å². The lowest BCUT2D eigenvalue weighted by Crippen LogP contribution is -2.29. The zero-order valence-corrected chi connectivity index (χ0v) is 8.43. The molecule has 15 heavy (non-hydrogen) atoms. The molecule has 1 aromatic carbocycles. The molecule has 0 saturated carbocycles. The molecule has 78 valence electrons. The summed E-state index contributed by atoms with van der Waals surface area (Å²) < 4.78 is 4.96. The number of rotatable bonds is 3. The minimum absolute atomic E-state index is 0.0809. The van der Waals surface area contributed by atoms with Gasteiger partial charge in [0.2, 0.25) is 0 Å². The van der Waals surface area contributed by atoms with Gasteiger partial charge in [-0.05, 0) is 12.0 Å². The summed E-state index contributed by atoms with van der Waals surface area (Å²) in [5.41, 5.74) is 1.20. The van der Waals surface area contributed by atoms with Crippen molar-refractivity contribution in [2.45, 2.75) is 12.5 Å². The maximum atomic E-state index is 11.2.